The highest BCUT2D eigenvalue weighted by molar-refractivity contribution is 5.93. The number of aromatic nitrogens is 1. The van der Waals surface area contributed by atoms with E-state index in [0.717, 1.165) is 5.56 Å². The Morgan fingerprint density at radius 3 is 2.65 bits per heavy atom. The van der Waals surface area contributed by atoms with E-state index in [-0.39, 0.29) is 23.6 Å². The molecule has 1 aromatic carbocycles. The molecule has 1 heterocycles. The Bertz CT molecular complexity index is 650. The fourth-order valence-corrected chi connectivity index (χ4v) is 1.77. The third-order valence-electron chi connectivity index (χ3n) is 3.01. The summed E-state index contributed by atoms with van der Waals surface area (Å²) in [4.78, 5) is 23.3. The summed E-state index contributed by atoms with van der Waals surface area (Å²) in [6, 6.07) is 11.9. The van der Waals surface area contributed by atoms with Gasteiger partial charge in [0.2, 0.25) is 0 Å². The standard InChI is InChI=1S/C15H16N2O3/c1-17-8-7-12(9-14(17)19)15(20)16-10-13(18)11-5-3-2-4-6-11/h2-9,13,18H,10H2,1H3,(H,16,20). The zero-order chi connectivity index (χ0) is 14.5. The molecule has 1 aromatic heterocycles. The molecule has 0 spiro atoms. The van der Waals surface area contributed by atoms with Crippen LogP contribution in [0.4, 0.5) is 0 Å². The smallest absolute Gasteiger partial charge is 0.251 e. The monoisotopic (exact) mass is 272 g/mol. The minimum Gasteiger partial charge on any atom is -0.387 e. The van der Waals surface area contributed by atoms with E-state index < -0.39 is 6.10 Å². The molecule has 0 bridgehead atoms. The number of amides is 1. The summed E-state index contributed by atoms with van der Waals surface area (Å²) in [5.74, 6) is -0.377. The van der Waals surface area contributed by atoms with Crippen molar-refractivity contribution < 1.29 is 9.90 Å². The molecule has 0 saturated heterocycles. The number of nitrogens with zero attached hydrogens (tertiary/aromatic N) is 1. The maximum absolute atomic E-state index is 11.9. The number of pyridine rings is 1. The van der Waals surface area contributed by atoms with E-state index in [1.54, 1.807) is 25.2 Å². The zero-order valence-electron chi connectivity index (χ0n) is 11.1. The lowest BCUT2D eigenvalue weighted by Crippen LogP contribution is -2.29. The van der Waals surface area contributed by atoms with Gasteiger partial charge >= 0.3 is 0 Å². The van der Waals surface area contributed by atoms with Crippen LogP contribution in [0, 0.1) is 0 Å². The number of nitrogens with one attached hydrogen (secondary N) is 1. The molecule has 1 atom stereocenters. The van der Waals surface area contributed by atoms with Gasteiger partial charge in [0.05, 0.1) is 6.10 Å². The molecule has 0 aliphatic heterocycles. The third-order valence-corrected chi connectivity index (χ3v) is 3.01. The van der Waals surface area contributed by atoms with Crippen LogP contribution in [0.3, 0.4) is 0 Å². The van der Waals surface area contributed by atoms with Gasteiger partial charge in [-0.05, 0) is 11.6 Å². The van der Waals surface area contributed by atoms with Gasteiger partial charge < -0.3 is 15.0 Å². The Hall–Kier alpha value is -2.40. The average Bonchev–Trinajstić information content (AvgIpc) is 2.48. The molecule has 2 N–H and O–H groups in total. The second-order valence-corrected chi connectivity index (χ2v) is 4.50. The van der Waals surface area contributed by atoms with Gasteiger partial charge in [-0.2, -0.15) is 0 Å². The van der Waals surface area contributed by atoms with E-state index >= 15 is 0 Å². The molecule has 2 aromatic rings. The Kier molecular flexibility index (Phi) is 4.32. The fourth-order valence-electron chi connectivity index (χ4n) is 1.77. The second-order valence-electron chi connectivity index (χ2n) is 4.50. The lowest BCUT2D eigenvalue weighted by atomic mass is 10.1. The van der Waals surface area contributed by atoms with Crippen molar-refractivity contribution in [2.24, 2.45) is 7.05 Å². The van der Waals surface area contributed by atoms with Crippen LogP contribution in [0.15, 0.2) is 53.5 Å². The van der Waals surface area contributed by atoms with Crippen molar-refractivity contribution in [3.05, 3.63) is 70.1 Å². The van der Waals surface area contributed by atoms with E-state index in [9.17, 15) is 14.7 Å². The van der Waals surface area contributed by atoms with E-state index in [4.69, 9.17) is 0 Å². The van der Waals surface area contributed by atoms with Crippen LogP contribution in [-0.4, -0.2) is 22.1 Å². The molecule has 0 saturated carbocycles. The van der Waals surface area contributed by atoms with E-state index in [0.29, 0.717) is 0 Å². The topological polar surface area (TPSA) is 71.3 Å². The van der Waals surface area contributed by atoms with E-state index in [2.05, 4.69) is 5.32 Å². The Morgan fingerprint density at radius 1 is 1.30 bits per heavy atom. The van der Waals surface area contributed by atoms with Crippen molar-refractivity contribution in [1.29, 1.82) is 0 Å². The van der Waals surface area contributed by atoms with E-state index in [1.807, 2.05) is 18.2 Å². The first-order valence-electron chi connectivity index (χ1n) is 6.26. The van der Waals surface area contributed by atoms with Gasteiger partial charge in [0.1, 0.15) is 0 Å². The van der Waals surface area contributed by atoms with Crippen LogP contribution in [0.1, 0.15) is 22.0 Å². The van der Waals surface area contributed by atoms with Gasteiger partial charge in [0.15, 0.2) is 0 Å². The van der Waals surface area contributed by atoms with Gasteiger partial charge in [0.25, 0.3) is 11.5 Å². The quantitative estimate of drug-likeness (QED) is 0.866. The first kappa shape index (κ1) is 14.0. The van der Waals surface area contributed by atoms with Gasteiger partial charge in [-0.3, -0.25) is 9.59 Å². The number of aliphatic hydroxyl groups is 1. The number of carbonyl (C=O) groups is 1. The number of hydrogen-bond donors (Lipinski definition) is 2. The van der Waals surface area contributed by atoms with Crippen molar-refractivity contribution in [1.82, 2.24) is 9.88 Å². The van der Waals surface area contributed by atoms with Crippen molar-refractivity contribution in [2.45, 2.75) is 6.10 Å². The summed E-state index contributed by atoms with van der Waals surface area (Å²) in [5, 5.41) is 12.5. The van der Waals surface area contributed by atoms with Crippen molar-refractivity contribution in [2.75, 3.05) is 6.54 Å². The summed E-state index contributed by atoms with van der Waals surface area (Å²) in [6.45, 7) is 0.0953. The lowest BCUT2D eigenvalue weighted by molar-refractivity contribution is 0.0916. The molecule has 5 nitrogen and oxygen atoms in total. The van der Waals surface area contributed by atoms with Crippen LogP contribution in [0.25, 0.3) is 0 Å². The molecular weight excluding hydrogens is 256 g/mol. The predicted octanol–water partition coefficient (Wildman–Crippen LogP) is 0.849. The first-order chi connectivity index (χ1) is 9.58. The minimum atomic E-state index is -0.772. The summed E-state index contributed by atoms with van der Waals surface area (Å²) in [7, 11) is 1.61. The molecule has 0 aliphatic carbocycles. The van der Waals surface area contributed by atoms with Crippen LogP contribution in [0.5, 0.6) is 0 Å². The molecule has 1 amide bonds. The first-order valence-corrected chi connectivity index (χ1v) is 6.26. The SMILES string of the molecule is Cn1ccc(C(=O)NCC(O)c2ccccc2)cc1=O. The number of benzene rings is 1. The maximum Gasteiger partial charge on any atom is 0.251 e. The normalized spacial score (nSPS) is 11.9. The molecule has 104 valence electrons. The van der Waals surface area contributed by atoms with Gasteiger partial charge in [-0.25, -0.2) is 0 Å². The average molecular weight is 272 g/mol. The number of aliphatic hydroxyl groups excluding tert-OH is 1. The Balaban J connectivity index is 1.98. The number of carbonyl (C=O) groups excluding carboxylic acids is 1. The van der Waals surface area contributed by atoms with Crippen LogP contribution in [0.2, 0.25) is 0 Å². The Labute approximate surface area is 116 Å². The van der Waals surface area contributed by atoms with Gasteiger partial charge in [-0.1, -0.05) is 30.3 Å². The van der Waals surface area contributed by atoms with Crippen LogP contribution in [-0.2, 0) is 7.05 Å². The van der Waals surface area contributed by atoms with Gasteiger partial charge in [0, 0.05) is 31.4 Å². The highest BCUT2D eigenvalue weighted by atomic mass is 16.3. The minimum absolute atomic E-state index is 0.0953. The molecule has 0 radical (unpaired) electrons. The second kappa shape index (κ2) is 6.16. The predicted molar refractivity (Wildman–Crippen MR) is 75.4 cm³/mol. The fraction of sp³-hybridized carbons (Fsp3) is 0.200. The molecule has 0 aliphatic rings. The summed E-state index contributed by atoms with van der Waals surface area (Å²) in [6.07, 6.45) is 0.761. The molecule has 0 fully saturated rings. The molecule has 20 heavy (non-hydrogen) atoms. The summed E-state index contributed by atoms with van der Waals surface area (Å²) in [5.41, 5.74) is 0.770. The van der Waals surface area contributed by atoms with Gasteiger partial charge in [-0.15, -0.1) is 0 Å². The molecule has 5 heteroatoms. The molecule has 2 rings (SSSR count). The number of hydrogen-bond acceptors (Lipinski definition) is 3. The largest absolute Gasteiger partial charge is 0.387 e. The summed E-state index contributed by atoms with van der Waals surface area (Å²) >= 11 is 0. The highest BCUT2D eigenvalue weighted by Crippen LogP contribution is 2.10. The Morgan fingerprint density at radius 2 is 2.00 bits per heavy atom. The molecule has 1 unspecified atom stereocenters. The molecular formula is C15H16N2O3. The summed E-state index contributed by atoms with van der Waals surface area (Å²) < 4.78 is 1.38. The zero-order valence-corrected chi connectivity index (χ0v) is 11.1. The maximum atomic E-state index is 11.9. The number of rotatable bonds is 4. The highest BCUT2D eigenvalue weighted by Gasteiger charge is 2.11. The van der Waals surface area contributed by atoms with Crippen molar-refractivity contribution in [3.63, 3.8) is 0 Å². The van der Waals surface area contributed by atoms with Crippen molar-refractivity contribution >= 4 is 5.91 Å². The van der Waals surface area contributed by atoms with E-state index in [1.165, 1.54) is 16.8 Å². The lowest BCUT2D eigenvalue weighted by Gasteiger charge is -2.12. The van der Waals surface area contributed by atoms with Crippen LogP contribution >= 0.6 is 0 Å². The van der Waals surface area contributed by atoms with Crippen LogP contribution < -0.4 is 10.9 Å². The third kappa shape index (κ3) is 3.33. The van der Waals surface area contributed by atoms with Crippen molar-refractivity contribution in [3.8, 4) is 0 Å². The number of aryl methyl sites for hydroxylation is 1.